The molecule has 27 heavy (non-hydrogen) atoms. The average Bonchev–Trinajstić information content (AvgIpc) is 2.59. The van der Waals surface area contributed by atoms with Crippen molar-refractivity contribution >= 4 is 44.9 Å². The van der Waals surface area contributed by atoms with Crippen LogP contribution in [0.4, 0.5) is 0 Å². The summed E-state index contributed by atoms with van der Waals surface area (Å²) in [6.45, 7) is 7.16. The second-order valence-corrected chi connectivity index (χ2v) is 9.45. The van der Waals surface area contributed by atoms with Gasteiger partial charge in [0.05, 0.1) is 27.5 Å². The third-order valence-corrected chi connectivity index (χ3v) is 6.72. The van der Waals surface area contributed by atoms with E-state index in [0.29, 0.717) is 16.3 Å². The number of guanidine groups is 1. The van der Waals surface area contributed by atoms with E-state index in [1.807, 2.05) is 0 Å². The maximum Gasteiger partial charge on any atom is 0.251 e. The number of hydrogen-bond donors (Lipinski definition) is 2. The maximum atomic E-state index is 12.1. The number of nitrogens with zero attached hydrogens (tertiary/aromatic N) is 2. The van der Waals surface area contributed by atoms with Gasteiger partial charge in [-0.25, -0.2) is 13.4 Å². The van der Waals surface area contributed by atoms with Crippen molar-refractivity contribution in [2.75, 3.05) is 19.8 Å². The molecule has 0 bridgehead atoms. The molecule has 1 rings (SSSR count). The molecule has 0 heterocycles. The van der Waals surface area contributed by atoms with E-state index in [2.05, 4.69) is 16.9 Å². The number of rotatable bonds is 7. The predicted octanol–water partition coefficient (Wildman–Crippen LogP) is 2.31. The van der Waals surface area contributed by atoms with Crippen LogP contribution >= 0.6 is 23.2 Å². The zero-order chi connectivity index (χ0) is 20.9. The molecular formula is C17H24Cl2N4O3S. The average molecular weight is 435 g/mol. The number of hydrogen-bond acceptors (Lipinski definition) is 4. The molecule has 1 amide bonds. The van der Waals surface area contributed by atoms with Gasteiger partial charge in [-0.15, -0.1) is 0 Å². The molecule has 1 aromatic rings. The van der Waals surface area contributed by atoms with Crippen LogP contribution < -0.4 is 11.1 Å². The smallest absolute Gasteiger partial charge is 0.251 e. The van der Waals surface area contributed by atoms with E-state index in [4.69, 9.17) is 28.9 Å². The Bertz CT molecular complexity index is 856. The van der Waals surface area contributed by atoms with Gasteiger partial charge < -0.3 is 16.0 Å². The van der Waals surface area contributed by atoms with Crippen LogP contribution in [0, 0.1) is 0 Å². The molecule has 1 aromatic carbocycles. The van der Waals surface area contributed by atoms with Gasteiger partial charge in [0, 0.05) is 24.9 Å². The normalized spacial score (nSPS) is 14.4. The van der Waals surface area contributed by atoms with Gasteiger partial charge in [-0.2, -0.15) is 0 Å². The molecule has 0 saturated heterocycles. The quantitative estimate of drug-likeness (QED) is 0.505. The lowest BCUT2D eigenvalue weighted by Crippen LogP contribution is -2.47. The molecule has 0 aromatic heterocycles. The molecule has 0 saturated carbocycles. The highest BCUT2D eigenvalue weighted by molar-refractivity contribution is 7.91. The van der Waals surface area contributed by atoms with E-state index >= 15 is 0 Å². The van der Waals surface area contributed by atoms with E-state index in [1.54, 1.807) is 31.9 Å². The molecule has 3 N–H and O–H groups in total. The number of benzene rings is 1. The summed E-state index contributed by atoms with van der Waals surface area (Å²) >= 11 is 11.7. The largest absolute Gasteiger partial charge is 0.369 e. The van der Waals surface area contributed by atoms with E-state index in [-0.39, 0.29) is 29.5 Å². The molecule has 7 nitrogen and oxygen atoms in total. The number of aliphatic imine (C=N–C) groups is 1. The number of nitrogens with two attached hydrogens (primary N) is 1. The minimum Gasteiger partial charge on any atom is -0.369 e. The lowest BCUT2D eigenvalue weighted by molar-refractivity contribution is 0.0957. The summed E-state index contributed by atoms with van der Waals surface area (Å²) in [4.78, 5) is 17.8. The standard InChI is InChI=1S/C17H24Cl2N4O3S/c1-10(9-21-16(24)13-6-7-14(18)15(19)8-13)22-17(20)23(4)11(2)12(3)27(5,25)26/h6-8,11-12H,1,9H2,2-5H3,(H2,20,22)(H,21,24)/t11?,12-/m0/s1. The first-order valence-corrected chi connectivity index (χ1v) is 10.7. The summed E-state index contributed by atoms with van der Waals surface area (Å²) in [6, 6.07) is 4.15. The molecule has 0 aliphatic heterocycles. The Balaban J connectivity index is 2.71. The Morgan fingerprint density at radius 2 is 1.93 bits per heavy atom. The first-order valence-electron chi connectivity index (χ1n) is 8.01. The Kier molecular flexibility index (Phi) is 8.13. The number of amides is 1. The van der Waals surface area contributed by atoms with Crippen molar-refractivity contribution in [3.05, 3.63) is 46.1 Å². The zero-order valence-corrected chi connectivity index (χ0v) is 18.0. The number of halogens is 2. The van der Waals surface area contributed by atoms with Gasteiger partial charge in [0.25, 0.3) is 5.91 Å². The van der Waals surface area contributed by atoms with Gasteiger partial charge >= 0.3 is 0 Å². The Labute approximate surface area is 170 Å². The van der Waals surface area contributed by atoms with Crippen LogP contribution in [0.15, 0.2) is 35.5 Å². The van der Waals surface area contributed by atoms with Crippen LogP contribution in [0.3, 0.4) is 0 Å². The van der Waals surface area contributed by atoms with Crippen LogP contribution in [0.1, 0.15) is 24.2 Å². The minimum atomic E-state index is -3.22. The number of carbonyl (C=O) groups excluding carboxylic acids is 1. The third kappa shape index (κ3) is 6.71. The van der Waals surface area contributed by atoms with Crippen molar-refractivity contribution < 1.29 is 13.2 Å². The highest BCUT2D eigenvalue weighted by Gasteiger charge is 2.26. The first-order chi connectivity index (χ1) is 12.3. The van der Waals surface area contributed by atoms with Crippen molar-refractivity contribution in [1.82, 2.24) is 10.2 Å². The molecule has 0 radical (unpaired) electrons. The maximum absolute atomic E-state index is 12.1. The fourth-order valence-electron chi connectivity index (χ4n) is 2.08. The van der Waals surface area contributed by atoms with Crippen molar-refractivity contribution in [3.63, 3.8) is 0 Å². The van der Waals surface area contributed by atoms with E-state index < -0.39 is 15.1 Å². The highest BCUT2D eigenvalue weighted by Crippen LogP contribution is 2.22. The van der Waals surface area contributed by atoms with Crippen LogP contribution in [0.5, 0.6) is 0 Å². The van der Waals surface area contributed by atoms with Crippen molar-refractivity contribution in [1.29, 1.82) is 0 Å². The lowest BCUT2D eigenvalue weighted by Gasteiger charge is -2.29. The number of nitrogens with one attached hydrogen (secondary N) is 1. The van der Waals surface area contributed by atoms with Gasteiger partial charge in [0.15, 0.2) is 15.8 Å². The van der Waals surface area contributed by atoms with Crippen molar-refractivity contribution in [3.8, 4) is 0 Å². The SMILES string of the molecule is C=C(CNC(=O)c1ccc(Cl)c(Cl)c1)N=C(N)N(C)C(C)[C@H](C)S(C)(=O)=O. The van der Waals surface area contributed by atoms with Crippen LogP contribution in [0.2, 0.25) is 10.0 Å². The molecule has 0 spiro atoms. The van der Waals surface area contributed by atoms with Gasteiger partial charge in [-0.05, 0) is 32.0 Å². The van der Waals surface area contributed by atoms with Crippen LogP contribution in [0.25, 0.3) is 0 Å². The Morgan fingerprint density at radius 3 is 2.44 bits per heavy atom. The summed E-state index contributed by atoms with van der Waals surface area (Å²) in [5, 5.41) is 2.66. The summed E-state index contributed by atoms with van der Waals surface area (Å²) in [7, 11) is -1.57. The molecule has 1 unspecified atom stereocenters. The molecule has 0 aliphatic rings. The lowest BCUT2D eigenvalue weighted by atomic mass is 10.2. The highest BCUT2D eigenvalue weighted by atomic mass is 35.5. The van der Waals surface area contributed by atoms with E-state index in [1.165, 1.54) is 18.4 Å². The van der Waals surface area contributed by atoms with Crippen LogP contribution in [-0.4, -0.2) is 56.3 Å². The third-order valence-electron chi connectivity index (χ3n) is 4.23. The molecule has 2 atom stereocenters. The first kappa shape index (κ1) is 23.3. The van der Waals surface area contributed by atoms with Crippen molar-refractivity contribution in [2.24, 2.45) is 10.7 Å². The Morgan fingerprint density at radius 1 is 1.33 bits per heavy atom. The topological polar surface area (TPSA) is 105 Å². The molecular weight excluding hydrogens is 411 g/mol. The Hall–Kier alpha value is -1.77. The summed E-state index contributed by atoms with van der Waals surface area (Å²) in [6.07, 6.45) is 1.17. The van der Waals surface area contributed by atoms with Crippen molar-refractivity contribution in [2.45, 2.75) is 25.1 Å². The fourth-order valence-corrected chi connectivity index (χ4v) is 3.28. The van der Waals surface area contributed by atoms with Gasteiger partial charge in [0.1, 0.15) is 0 Å². The van der Waals surface area contributed by atoms with E-state index in [9.17, 15) is 13.2 Å². The molecule has 0 aliphatic carbocycles. The second kappa shape index (κ2) is 9.43. The summed E-state index contributed by atoms with van der Waals surface area (Å²) in [5.74, 6) is -0.261. The van der Waals surface area contributed by atoms with Gasteiger partial charge in [-0.3, -0.25) is 4.79 Å². The predicted molar refractivity (Wildman–Crippen MR) is 111 cm³/mol. The van der Waals surface area contributed by atoms with Gasteiger partial charge in [0.2, 0.25) is 0 Å². The second-order valence-electron chi connectivity index (χ2n) is 6.23. The number of carbonyl (C=O) groups is 1. The monoisotopic (exact) mass is 434 g/mol. The molecule has 150 valence electrons. The minimum absolute atomic E-state index is 0.0592. The molecule has 10 heteroatoms. The van der Waals surface area contributed by atoms with Crippen LogP contribution in [-0.2, 0) is 9.84 Å². The molecule has 0 fully saturated rings. The van der Waals surface area contributed by atoms with Gasteiger partial charge in [-0.1, -0.05) is 29.8 Å². The number of sulfone groups is 1. The summed E-state index contributed by atoms with van der Waals surface area (Å²) < 4.78 is 23.4. The zero-order valence-electron chi connectivity index (χ0n) is 15.7. The summed E-state index contributed by atoms with van der Waals surface area (Å²) in [5.41, 5.74) is 6.59. The van der Waals surface area contributed by atoms with E-state index in [0.717, 1.165) is 0 Å². The fraction of sp³-hybridized carbons (Fsp3) is 0.412.